The average Bonchev–Trinajstić information content (AvgIpc) is 3.27. The molecule has 1 unspecified atom stereocenters. The Balaban J connectivity index is 1.33. The number of ether oxygens (including phenoxy) is 1. The number of nitrogens with one attached hydrogen (secondary N) is 1. The maximum Gasteiger partial charge on any atom is 0.258 e. The molecule has 0 saturated carbocycles. The molecule has 1 N–H and O–H groups in total. The van der Waals surface area contributed by atoms with Crippen molar-refractivity contribution in [2.75, 3.05) is 6.61 Å². The van der Waals surface area contributed by atoms with Crippen LogP contribution in [0.4, 0.5) is 0 Å². The van der Waals surface area contributed by atoms with E-state index < -0.39 is 0 Å². The molecule has 0 saturated heterocycles. The summed E-state index contributed by atoms with van der Waals surface area (Å²) in [5, 5.41) is 9.29. The van der Waals surface area contributed by atoms with E-state index in [0.717, 1.165) is 22.0 Å². The van der Waals surface area contributed by atoms with Crippen LogP contribution in [0, 0.1) is 0 Å². The minimum absolute atomic E-state index is 0.0281. The maximum atomic E-state index is 12.3. The van der Waals surface area contributed by atoms with E-state index in [9.17, 15) is 4.79 Å². The Labute approximate surface area is 162 Å². The van der Waals surface area contributed by atoms with Gasteiger partial charge in [-0.05, 0) is 47.5 Å². The molecule has 0 aliphatic carbocycles. The van der Waals surface area contributed by atoms with E-state index in [1.165, 1.54) is 6.33 Å². The van der Waals surface area contributed by atoms with Gasteiger partial charge in [0.25, 0.3) is 5.91 Å². The van der Waals surface area contributed by atoms with E-state index in [2.05, 4.69) is 15.4 Å². The summed E-state index contributed by atoms with van der Waals surface area (Å²) in [5.41, 5.74) is 1.92. The molecule has 6 nitrogen and oxygen atoms in total. The predicted molar refractivity (Wildman–Crippen MR) is 107 cm³/mol. The van der Waals surface area contributed by atoms with Crippen LogP contribution in [0.25, 0.3) is 16.5 Å². The normalized spacial score (nSPS) is 11.9. The summed E-state index contributed by atoms with van der Waals surface area (Å²) in [6.45, 7) is 1.91. The van der Waals surface area contributed by atoms with Gasteiger partial charge in [-0.25, -0.2) is 9.67 Å². The molecule has 0 bridgehead atoms. The lowest BCUT2D eigenvalue weighted by atomic mass is 10.1. The molecule has 3 aromatic carbocycles. The van der Waals surface area contributed by atoms with Crippen molar-refractivity contribution in [3.63, 3.8) is 0 Å². The van der Waals surface area contributed by atoms with Gasteiger partial charge in [0.15, 0.2) is 6.61 Å². The highest BCUT2D eigenvalue weighted by Crippen LogP contribution is 2.20. The SMILES string of the molecule is CC(NC(=O)COc1ccc2ccccc2c1)c1ccc(-n2cncn2)cc1. The van der Waals surface area contributed by atoms with Gasteiger partial charge in [0.05, 0.1) is 11.7 Å². The quantitative estimate of drug-likeness (QED) is 0.561. The fraction of sp³-hybridized carbons (Fsp3) is 0.136. The van der Waals surface area contributed by atoms with Gasteiger partial charge in [-0.1, -0.05) is 42.5 Å². The third kappa shape index (κ3) is 4.01. The van der Waals surface area contributed by atoms with Crippen LogP contribution in [-0.4, -0.2) is 27.3 Å². The minimum atomic E-state index is -0.166. The van der Waals surface area contributed by atoms with Crippen molar-refractivity contribution in [1.29, 1.82) is 0 Å². The first kappa shape index (κ1) is 17.7. The Morgan fingerprint density at radius 2 is 1.86 bits per heavy atom. The summed E-state index contributed by atoms with van der Waals surface area (Å²) in [6.07, 6.45) is 3.14. The molecule has 4 rings (SSSR count). The summed E-state index contributed by atoms with van der Waals surface area (Å²) < 4.78 is 7.34. The van der Waals surface area contributed by atoms with Crippen molar-refractivity contribution in [3.05, 3.63) is 84.9 Å². The first-order valence-electron chi connectivity index (χ1n) is 9.05. The van der Waals surface area contributed by atoms with Gasteiger partial charge in [-0.15, -0.1) is 0 Å². The molecule has 0 radical (unpaired) electrons. The molecule has 6 heteroatoms. The Bertz CT molecular complexity index is 1080. The Morgan fingerprint density at radius 1 is 1.07 bits per heavy atom. The number of hydrogen-bond acceptors (Lipinski definition) is 4. The van der Waals surface area contributed by atoms with Crippen molar-refractivity contribution < 1.29 is 9.53 Å². The molecule has 1 aromatic heterocycles. The number of carbonyl (C=O) groups excluding carboxylic acids is 1. The number of carbonyl (C=O) groups is 1. The molecule has 1 heterocycles. The van der Waals surface area contributed by atoms with Crippen molar-refractivity contribution in [1.82, 2.24) is 20.1 Å². The molecule has 140 valence electrons. The summed E-state index contributed by atoms with van der Waals surface area (Å²) in [6, 6.07) is 21.5. The third-order valence-corrected chi connectivity index (χ3v) is 4.54. The lowest BCUT2D eigenvalue weighted by Crippen LogP contribution is -2.31. The van der Waals surface area contributed by atoms with E-state index in [4.69, 9.17) is 4.74 Å². The lowest BCUT2D eigenvalue weighted by molar-refractivity contribution is -0.123. The van der Waals surface area contributed by atoms with Gasteiger partial charge in [0.2, 0.25) is 0 Å². The minimum Gasteiger partial charge on any atom is -0.484 e. The van der Waals surface area contributed by atoms with Gasteiger partial charge in [-0.2, -0.15) is 5.10 Å². The Kier molecular flexibility index (Phi) is 5.01. The topological polar surface area (TPSA) is 69.0 Å². The van der Waals surface area contributed by atoms with Crippen molar-refractivity contribution in [2.24, 2.45) is 0 Å². The van der Waals surface area contributed by atoms with E-state index in [-0.39, 0.29) is 18.6 Å². The molecule has 28 heavy (non-hydrogen) atoms. The standard InChI is InChI=1S/C22H20N4O2/c1-16(17-6-9-20(10-7-17)26-15-23-14-24-26)25-22(27)13-28-21-11-8-18-4-2-3-5-19(18)12-21/h2-12,14-16H,13H2,1H3,(H,25,27). The number of amides is 1. The number of nitrogens with zero attached hydrogens (tertiary/aromatic N) is 3. The molecule has 1 atom stereocenters. The lowest BCUT2D eigenvalue weighted by Gasteiger charge is -2.15. The van der Waals surface area contributed by atoms with Crippen LogP contribution in [-0.2, 0) is 4.79 Å². The van der Waals surface area contributed by atoms with E-state index in [1.54, 1.807) is 11.0 Å². The number of aromatic nitrogens is 3. The van der Waals surface area contributed by atoms with Gasteiger partial charge in [0, 0.05) is 0 Å². The molecule has 0 aliphatic heterocycles. The molecule has 4 aromatic rings. The van der Waals surface area contributed by atoms with Crippen molar-refractivity contribution >= 4 is 16.7 Å². The van der Waals surface area contributed by atoms with Crippen molar-refractivity contribution in [3.8, 4) is 11.4 Å². The molecule has 1 amide bonds. The van der Waals surface area contributed by atoms with Crippen LogP contribution in [0.2, 0.25) is 0 Å². The van der Waals surface area contributed by atoms with Crippen LogP contribution < -0.4 is 10.1 Å². The van der Waals surface area contributed by atoms with Gasteiger partial charge in [-0.3, -0.25) is 4.79 Å². The predicted octanol–water partition coefficient (Wildman–Crippen LogP) is 3.68. The summed E-state index contributed by atoms with van der Waals surface area (Å²) >= 11 is 0. The van der Waals surface area contributed by atoms with Crippen LogP contribution in [0.15, 0.2) is 79.4 Å². The van der Waals surface area contributed by atoms with Crippen LogP contribution in [0.1, 0.15) is 18.5 Å². The summed E-state index contributed by atoms with van der Waals surface area (Å²) in [5.74, 6) is 0.514. The van der Waals surface area contributed by atoms with Gasteiger partial charge >= 0.3 is 0 Å². The molecular formula is C22H20N4O2. The van der Waals surface area contributed by atoms with E-state index in [1.807, 2.05) is 73.7 Å². The molecule has 0 aliphatic rings. The highest BCUT2D eigenvalue weighted by atomic mass is 16.5. The fourth-order valence-corrected chi connectivity index (χ4v) is 3.03. The van der Waals surface area contributed by atoms with Crippen LogP contribution in [0.3, 0.4) is 0 Å². The number of fused-ring (bicyclic) bond motifs is 1. The highest BCUT2D eigenvalue weighted by molar-refractivity contribution is 5.84. The second-order valence-electron chi connectivity index (χ2n) is 6.52. The largest absolute Gasteiger partial charge is 0.484 e. The maximum absolute atomic E-state index is 12.3. The first-order chi connectivity index (χ1) is 13.7. The number of rotatable bonds is 6. The second kappa shape index (κ2) is 7.92. The third-order valence-electron chi connectivity index (χ3n) is 4.54. The zero-order valence-electron chi connectivity index (χ0n) is 15.4. The number of hydrogen-bond donors (Lipinski definition) is 1. The summed E-state index contributed by atoms with van der Waals surface area (Å²) in [4.78, 5) is 16.2. The Hall–Kier alpha value is -3.67. The van der Waals surface area contributed by atoms with E-state index >= 15 is 0 Å². The smallest absolute Gasteiger partial charge is 0.258 e. The zero-order chi connectivity index (χ0) is 19.3. The van der Waals surface area contributed by atoms with Gasteiger partial charge < -0.3 is 10.1 Å². The van der Waals surface area contributed by atoms with Crippen LogP contribution in [0.5, 0.6) is 5.75 Å². The first-order valence-corrected chi connectivity index (χ1v) is 9.05. The second-order valence-corrected chi connectivity index (χ2v) is 6.52. The fourth-order valence-electron chi connectivity index (χ4n) is 3.03. The van der Waals surface area contributed by atoms with E-state index in [0.29, 0.717) is 5.75 Å². The number of benzene rings is 3. The molecule has 0 spiro atoms. The average molecular weight is 372 g/mol. The van der Waals surface area contributed by atoms with Gasteiger partial charge in [0.1, 0.15) is 18.4 Å². The Morgan fingerprint density at radius 3 is 2.61 bits per heavy atom. The van der Waals surface area contributed by atoms with Crippen LogP contribution >= 0.6 is 0 Å². The zero-order valence-corrected chi connectivity index (χ0v) is 15.4. The molecular weight excluding hydrogens is 352 g/mol. The highest BCUT2D eigenvalue weighted by Gasteiger charge is 2.11. The molecule has 0 fully saturated rings. The summed E-state index contributed by atoms with van der Waals surface area (Å²) in [7, 11) is 0. The monoisotopic (exact) mass is 372 g/mol. The van der Waals surface area contributed by atoms with Crippen molar-refractivity contribution in [2.45, 2.75) is 13.0 Å².